The summed E-state index contributed by atoms with van der Waals surface area (Å²) in [5.41, 5.74) is 5.18. The molecule has 3 aromatic carbocycles. The van der Waals surface area contributed by atoms with E-state index in [1.54, 1.807) is 48.5 Å². The third-order valence-corrected chi connectivity index (χ3v) is 7.49. The molecular formula is C21H20BrN3O4S2. The molecule has 0 bridgehead atoms. The van der Waals surface area contributed by atoms with Crippen molar-refractivity contribution in [3.05, 3.63) is 88.4 Å². The summed E-state index contributed by atoms with van der Waals surface area (Å²) in [6.07, 6.45) is 0. The number of halogens is 1. The molecule has 0 aliphatic heterocycles. The maximum atomic E-state index is 13.0. The Morgan fingerprint density at radius 2 is 1.42 bits per heavy atom. The number of hydrogen-bond donors (Lipinski definition) is 2. The average Bonchev–Trinajstić information content (AvgIpc) is 2.72. The van der Waals surface area contributed by atoms with Crippen LogP contribution in [-0.2, 0) is 19.9 Å². The Balaban J connectivity index is 1.93. The third-order valence-electron chi connectivity index (χ3n) is 4.39. The van der Waals surface area contributed by atoms with Crippen molar-refractivity contribution in [1.29, 1.82) is 0 Å². The SMILES string of the molecule is Cc1ccc(S(=O)(=O)C/C(=N\Nc2ccc(S(N)(=O)=O)cc2)c2ccc(Br)cc2)cc1. The summed E-state index contributed by atoms with van der Waals surface area (Å²) in [4.78, 5) is 0.178. The molecule has 3 rings (SSSR count). The first-order chi connectivity index (χ1) is 14.5. The highest BCUT2D eigenvalue weighted by atomic mass is 79.9. The van der Waals surface area contributed by atoms with Crippen LogP contribution in [0.25, 0.3) is 0 Å². The van der Waals surface area contributed by atoms with Crippen LogP contribution in [0.15, 0.2) is 92.2 Å². The molecule has 0 aliphatic rings. The number of nitrogens with two attached hydrogens (primary N) is 1. The fraction of sp³-hybridized carbons (Fsp3) is 0.0952. The monoisotopic (exact) mass is 521 g/mol. The molecule has 0 heterocycles. The molecule has 10 heteroatoms. The fourth-order valence-corrected chi connectivity index (χ4v) is 4.77. The molecule has 3 aromatic rings. The van der Waals surface area contributed by atoms with E-state index in [0.29, 0.717) is 17.0 Å². The van der Waals surface area contributed by atoms with E-state index in [0.717, 1.165) is 10.0 Å². The number of benzene rings is 3. The number of nitrogens with one attached hydrogen (secondary N) is 1. The summed E-state index contributed by atoms with van der Waals surface area (Å²) >= 11 is 3.36. The van der Waals surface area contributed by atoms with Gasteiger partial charge in [0.15, 0.2) is 9.84 Å². The first-order valence-corrected chi connectivity index (χ1v) is 13.0. The van der Waals surface area contributed by atoms with Gasteiger partial charge in [-0.05, 0) is 61.0 Å². The number of primary sulfonamides is 1. The van der Waals surface area contributed by atoms with Crippen molar-refractivity contribution >= 4 is 47.2 Å². The van der Waals surface area contributed by atoms with Crippen LogP contribution in [0.2, 0.25) is 0 Å². The van der Waals surface area contributed by atoms with Crippen molar-refractivity contribution in [2.45, 2.75) is 16.7 Å². The Morgan fingerprint density at radius 3 is 1.97 bits per heavy atom. The van der Waals surface area contributed by atoms with Crippen LogP contribution >= 0.6 is 15.9 Å². The summed E-state index contributed by atoms with van der Waals surface area (Å²) in [6.45, 7) is 1.89. The number of sulfonamides is 1. The van der Waals surface area contributed by atoms with Gasteiger partial charge in [0.2, 0.25) is 10.0 Å². The maximum Gasteiger partial charge on any atom is 0.238 e. The maximum absolute atomic E-state index is 13.0. The van der Waals surface area contributed by atoms with E-state index in [9.17, 15) is 16.8 Å². The van der Waals surface area contributed by atoms with Gasteiger partial charge in [-0.15, -0.1) is 0 Å². The molecule has 0 unspecified atom stereocenters. The number of hydrogen-bond acceptors (Lipinski definition) is 6. The molecule has 7 nitrogen and oxygen atoms in total. The van der Waals surface area contributed by atoms with E-state index in [-0.39, 0.29) is 15.5 Å². The van der Waals surface area contributed by atoms with Crippen molar-refractivity contribution in [2.75, 3.05) is 11.2 Å². The van der Waals surface area contributed by atoms with Crippen LogP contribution in [0.4, 0.5) is 5.69 Å². The van der Waals surface area contributed by atoms with Crippen molar-refractivity contribution in [3.8, 4) is 0 Å². The predicted octanol–water partition coefficient (Wildman–Crippen LogP) is 3.70. The lowest BCUT2D eigenvalue weighted by Crippen LogP contribution is -2.19. The minimum atomic E-state index is -3.80. The molecule has 0 saturated carbocycles. The molecule has 0 aliphatic carbocycles. The number of anilines is 1. The third kappa shape index (κ3) is 6.23. The van der Waals surface area contributed by atoms with Crippen LogP contribution in [0.3, 0.4) is 0 Å². The van der Waals surface area contributed by atoms with Gasteiger partial charge in [-0.25, -0.2) is 22.0 Å². The Hall–Kier alpha value is -2.53. The largest absolute Gasteiger partial charge is 0.278 e. The fourth-order valence-electron chi connectivity index (χ4n) is 2.68. The highest BCUT2D eigenvalue weighted by Crippen LogP contribution is 2.18. The van der Waals surface area contributed by atoms with Gasteiger partial charge < -0.3 is 0 Å². The lowest BCUT2D eigenvalue weighted by molar-refractivity contribution is 0.596. The number of sulfone groups is 1. The topological polar surface area (TPSA) is 119 Å². The summed E-state index contributed by atoms with van der Waals surface area (Å²) in [5, 5.41) is 9.41. The molecule has 0 spiro atoms. The second-order valence-electron chi connectivity index (χ2n) is 6.82. The summed E-state index contributed by atoms with van der Waals surface area (Å²) in [6, 6.07) is 19.4. The first-order valence-electron chi connectivity index (χ1n) is 9.05. The molecule has 0 saturated heterocycles. The summed E-state index contributed by atoms with van der Waals surface area (Å²) < 4.78 is 49.6. The summed E-state index contributed by atoms with van der Waals surface area (Å²) in [7, 11) is -7.45. The predicted molar refractivity (Wildman–Crippen MR) is 125 cm³/mol. The smallest absolute Gasteiger partial charge is 0.238 e. The molecule has 0 fully saturated rings. The molecule has 0 aromatic heterocycles. The first kappa shape index (κ1) is 23.1. The molecule has 0 amide bonds. The lowest BCUT2D eigenvalue weighted by atomic mass is 10.1. The van der Waals surface area contributed by atoms with E-state index in [1.165, 1.54) is 24.3 Å². The van der Waals surface area contributed by atoms with Gasteiger partial charge in [-0.1, -0.05) is 45.8 Å². The highest BCUT2D eigenvalue weighted by molar-refractivity contribution is 9.10. The van der Waals surface area contributed by atoms with Gasteiger partial charge in [0.25, 0.3) is 0 Å². The van der Waals surface area contributed by atoms with Crippen molar-refractivity contribution in [2.24, 2.45) is 10.2 Å². The normalized spacial score (nSPS) is 12.5. The highest BCUT2D eigenvalue weighted by Gasteiger charge is 2.19. The standard InChI is InChI=1S/C21H20BrN3O4S2/c1-15-2-10-19(11-3-15)30(26,27)14-21(16-4-6-17(22)7-5-16)25-24-18-8-12-20(13-9-18)31(23,28)29/h2-13,24H,14H2,1H3,(H2,23,28,29)/b25-21+. The summed E-state index contributed by atoms with van der Waals surface area (Å²) in [5.74, 6) is -0.319. The minimum absolute atomic E-state index is 0.0305. The van der Waals surface area contributed by atoms with E-state index < -0.39 is 19.9 Å². The number of aryl methyl sites for hydroxylation is 1. The Kier molecular flexibility index (Phi) is 6.95. The molecule has 0 atom stereocenters. The molecule has 0 radical (unpaired) electrons. The molecular weight excluding hydrogens is 502 g/mol. The number of hydrazone groups is 1. The van der Waals surface area contributed by atoms with E-state index in [1.807, 2.05) is 6.92 Å². The minimum Gasteiger partial charge on any atom is -0.278 e. The van der Waals surface area contributed by atoms with E-state index >= 15 is 0 Å². The van der Waals surface area contributed by atoms with E-state index in [2.05, 4.69) is 26.5 Å². The lowest BCUT2D eigenvalue weighted by Gasteiger charge is -2.10. The van der Waals surface area contributed by atoms with Gasteiger partial charge >= 0.3 is 0 Å². The van der Waals surface area contributed by atoms with Crippen molar-refractivity contribution in [1.82, 2.24) is 0 Å². The van der Waals surface area contributed by atoms with Crippen molar-refractivity contribution < 1.29 is 16.8 Å². The van der Waals surface area contributed by atoms with Gasteiger partial charge in [0, 0.05) is 4.47 Å². The van der Waals surface area contributed by atoms with Crippen molar-refractivity contribution in [3.63, 3.8) is 0 Å². The van der Waals surface area contributed by atoms with Crippen LogP contribution in [-0.4, -0.2) is 28.3 Å². The van der Waals surface area contributed by atoms with Crippen LogP contribution in [0.5, 0.6) is 0 Å². The quantitative estimate of drug-likeness (QED) is 0.363. The zero-order chi connectivity index (χ0) is 22.6. The Labute approximate surface area is 190 Å². The van der Waals surface area contributed by atoms with Crippen LogP contribution in [0, 0.1) is 6.92 Å². The van der Waals surface area contributed by atoms with Gasteiger partial charge in [0.1, 0.15) is 0 Å². The van der Waals surface area contributed by atoms with Crippen LogP contribution in [0.1, 0.15) is 11.1 Å². The van der Waals surface area contributed by atoms with Gasteiger partial charge in [-0.3, -0.25) is 5.43 Å². The molecule has 162 valence electrons. The van der Waals surface area contributed by atoms with Gasteiger partial charge in [0.05, 0.1) is 26.9 Å². The molecule has 3 N–H and O–H groups in total. The second-order valence-corrected chi connectivity index (χ2v) is 11.3. The molecule has 31 heavy (non-hydrogen) atoms. The Morgan fingerprint density at radius 1 is 0.871 bits per heavy atom. The number of nitrogens with zero attached hydrogens (tertiary/aromatic N) is 1. The van der Waals surface area contributed by atoms with Gasteiger partial charge in [-0.2, -0.15) is 5.10 Å². The Bertz CT molecular complexity index is 1300. The zero-order valence-electron chi connectivity index (χ0n) is 16.5. The van der Waals surface area contributed by atoms with Crippen LogP contribution < -0.4 is 10.6 Å². The van der Waals surface area contributed by atoms with E-state index in [4.69, 9.17) is 5.14 Å². The average molecular weight is 522 g/mol. The second kappa shape index (κ2) is 9.31. The number of rotatable bonds is 7. The zero-order valence-corrected chi connectivity index (χ0v) is 19.7.